The Morgan fingerprint density at radius 2 is 2.37 bits per heavy atom. The summed E-state index contributed by atoms with van der Waals surface area (Å²) in [6.07, 6.45) is 6.19. The SMILES string of the molecule is O=C(c1cnccn1)N1CCOCC1c1ccn[nH]1. The largest absolute Gasteiger partial charge is 0.377 e. The molecule has 1 unspecified atom stereocenters. The van der Waals surface area contributed by atoms with Crippen molar-refractivity contribution in [3.63, 3.8) is 0 Å². The predicted molar refractivity (Wildman–Crippen MR) is 65.2 cm³/mol. The molecule has 0 bridgehead atoms. The molecule has 0 aliphatic carbocycles. The summed E-state index contributed by atoms with van der Waals surface area (Å²) in [6.45, 7) is 1.50. The molecule has 1 fully saturated rings. The lowest BCUT2D eigenvalue weighted by molar-refractivity contribution is -0.00424. The monoisotopic (exact) mass is 259 g/mol. The first-order valence-corrected chi connectivity index (χ1v) is 6.00. The Labute approximate surface area is 109 Å². The van der Waals surface area contributed by atoms with Crippen LogP contribution in [0, 0.1) is 0 Å². The van der Waals surface area contributed by atoms with Crippen molar-refractivity contribution >= 4 is 5.91 Å². The quantitative estimate of drug-likeness (QED) is 0.844. The number of morpholine rings is 1. The van der Waals surface area contributed by atoms with Crippen molar-refractivity contribution in [3.8, 4) is 0 Å². The maximum Gasteiger partial charge on any atom is 0.274 e. The number of H-pyrrole nitrogens is 1. The summed E-state index contributed by atoms with van der Waals surface area (Å²) in [5.74, 6) is -0.143. The van der Waals surface area contributed by atoms with Crippen molar-refractivity contribution in [1.29, 1.82) is 0 Å². The Morgan fingerprint density at radius 1 is 1.42 bits per heavy atom. The number of aromatic nitrogens is 4. The molecule has 7 nitrogen and oxygen atoms in total. The van der Waals surface area contributed by atoms with E-state index in [-0.39, 0.29) is 11.9 Å². The average molecular weight is 259 g/mol. The first-order chi connectivity index (χ1) is 9.36. The van der Waals surface area contributed by atoms with Crippen LogP contribution in [0.5, 0.6) is 0 Å². The molecule has 0 radical (unpaired) electrons. The van der Waals surface area contributed by atoms with E-state index in [9.17, 15) is 4.79 Å². The molecule has 98 valence electrons. The number of amides is 1. The van der Waals surface area contributed by atoms with E-state index in [1.807, 2.05) is 6.07 Å². The summed E-state index contributed by atoms with van der Waals surface area (Å²) in [6, 6.07) is 1.68. The van der Waals surface area contributed by atoms with Crippen LogP contribution >= 0.6 is 0 Å². The number of carbonyl (C=O) groups excluding carboxylic acids is 1. The van der Waals surface area contributed by atoms with Crippen molar-refractivity contribution in [3.05, 3.63) is 42.2 Å². The fraction of sp³-hybridized carbons (Fsp3) is 0.333. The summed E-state index contributed by atoms with van der Waals surface area (Å²) < 4.78 is 5.44. The highest BCUT2D eigenvalue weighted by molar-refractivity contribution is 5.92. The number of hydrogen-bond acceptors (Lipinski definition) is 5. The molecule has 1 atom stereocenters. The summed E-state index contributed by atoms with van der Waals surface area (Å²) in [4.78, 5) is 22.2. The van der Waals surface area contributed by atoms with Gasteiger partial charge in [-0.05, 0) is 6.07 Å². The van der Waals surface area contributed by atoms with Crippen LogP contribution in [0.25, 0.3) is 0 Å². The standard InChI is InChI=1S/C12H13N5O2/c18-12(10-7-13-3-4-14-10)17-5-6-19-8-11(17)9-1-2-15-16-9/h1-4,7,11H,5-6,8H2,(H,15,16). The summed E-state index contributed by atoms with van der Waals surface area (Å²) in [5.41, 5.74) is 1.20. The van der Waals surface area contributed by atoms with Crippen LogP contribution < -0.4 is 0 Å². The number of nitrogens with zero attached hydrogens (tertiary/aromatic N) is 4. The lowest BCUT2D eigenvalue weighted by Crippen LogP contribution is -2.43. The van der Waals surface area contributed by atoms with Gasteiger partial charge in [-0.2, -0.15) is 5.10 Å². The summed E-state index contributed by atoms with van der Waals surface area (Å²) in [7, 11) is 0. The van der Waals surface area contributed by atoms with E-state index in [0.29, 0.717) is 25.5 Å². The van der Waals surface area contributed by atoms with Crippen LogP contribution in [0.15, 0.2) is 30.9 Å². The van der Waals surface area contributed by atoms with Gasteiger partial charge in [-0.1, -0.05) is 0 Å². The van der Waals surface area contributed by atoms with Crippen LogP contribution in [0.2, 0.25) is 0 Å². The third-order valence-corrected chi connectivity index (χ3v) is 3.05. The molecule has 2 aromatic heterocycles. The van der Waals surface area contributed by atoms with E-state index < -0.39 is 0 Å². The van der Waals surface area contributed by atoms with Crippen molar-refractivity contribution in [2.45, 2.75) is 6.04 Å². The van der Waals surface area contributed by atoms with Crippen LogP contribution in [-0.4, -0.2) is 50.7 Å². The zero-order chi connectivity index (χ0) is 13.1. The van der Waals surface area contributed by atoms with Gasteiger partial charge in [0.05, 0.1) is 31.1 Å². The van der Waals surface area contributed by atoms with Gasteiger partial charge in [-0.3, -0.25) is 14.9 Å². The van der Waals surface area contributed by atoms with Gasteiger partial charge in [0.1, 0.15) is 5.69 Å². The van der Waals surface area contributed by atoms with Crippen LogP contribution in [-0.2, 0) is 4.74 Å². The minimum absolute atomic E-state index is 0.143. The summed E-state index contributed by atoms with van der Waals surface area (Å²) >= 11 is 0. The molecule has 1 saturated heterocycles. The Hall–Kier alpha value is -2.28. The van der Waals surface area contributed by atoms with E-state index >= 15 is 0 Å². The molecule has 19 heavy (non-hydrogen) atoms. The van der Waals surface area contributed by atoms with E-state index in [0.717, 1.165) is 5.69 Å². The minimum Gasteiger partial charge on any atom is -0.377 e. The van der Waals surface area contributed by atoms with E-state index in [1.165, 1.54) is 12.4 Å². The van der Waals surface area contributed by atoms with Gasteiger partial charge >= 0.3 is 0 Å². The molecule has 3 rings (SSSR count). The van der Waals surface area contributed by atoms with Gasteiger partial charge in [0.2, 0.25) is 0 Å². The van der Waals surface area contributed by atoms with Gasteiger partial charge in [-0.15, -0.1) is 0 Å². The Morgan fingerprint density at radius 3 is 3.11 bits per heavy atom. The second-order valence-electron chi connectivity index (χ2n) is 4.19. The topological polar surface area (TPSA) is 84.0 Å². The minimum atomic E-state index is -0.161. The van der Waals surface area contributed by atoms with E-state index in [4.69, 9.17) is 4.74 Å². The maximum absolute atomic E-state index is 12.4. The number of carbonyl (C=O) groups is 1. The van der Waals surface area contributed by atoms with E-state index in [1.54, 1.807) is 17.3 Å². The third-order valence-electron chi connectivity index (χ3n) is 3.05. The Balaban J connectivity index is 1.87. The van der Waals surface area contributed by atoms with Gasteiger partial charge in [-0.25, -0.2) is 4.98 Å². The van der Waals surface area contributed by atoms with Crippen molar-refractivity contribution < 1.29 is 9.53 Å². The van der Waals surface area contributed by atoms with E-state index in [2.05, 4.69) is 20.2 Å². The van der Waals surface area contributed by atoms with Crippen molar-refractivity contribution in [1.82, 2.24) is 25.1 Å². The number of rotatable bonds is 2. The number of aromatic amines is 1. The zero-order valence-electron chi connectivity index (χ0n) is 10.2. The van der Waals surface area contributed by atoms with Gasteiger partial charge in [0.15, 0.2) is 0 Å². The second kappa shape index (κ2) is 5.15. The summed E-state index contributed by atoms with van der Waals surface area (Å²) in [5, 5.41) is 6.80. The van der Waals surface area contributed by atoms with Crippen molar-refractivity contribution in [2.24, 2.45) is 0 Å². The smallest absolute Gasteiger partial charge is 0.274 e. The molecule has 1 aliphatic heterocycles. The van der Waals surface area contributed by atoms with Gasteiger partial charge < -0.3 is 9.64 Å². The number of nitrogens with one attached hydrogen (secondary N) is 1. The predicted octanol–water partition coefficient (Wildman–Crippen LogP) is 0.413. The van der Waals surface area contributed by atoms with Gasteiger partial charge in [0, 0.05) is 25.1 Å². The Bertz CT molecular complexity index is 543. The molecule has 0 aromatic carbocycles. The maximum atomic E-state index is 12.4. The normalized spacial score (nSPS) is 19.4. The fourth-order valence-electron chi connectivity index (χ4n) is 2.11. The van der Waals surface area contributed by atoms with Crippen LogP contribution in [0.1, 0.15) is 22.2 Å². The second-order valence-corrected chi connectivity index (χ2v) is 4.19. The van der Waals surface area contributed by atoms with Crippen LogP contribution in [0.4, 0.5) is 0 Å². The molecule has 1 amide bonds. The molecule has 1 aliphatic rings. The highest BCUT2D eigenvalue weighted by Crippen LogP contribution is 2.23. The molecule has 2 aromatic rings. The molecular formula is C12H13N5O2. The highest BCUT2D eigenvalue weighted by Gasteiger charge is 2.30. The lowest BCUT2D eigenvalue weighted by Gasteiger charge is -2.34. The fourth-order valence-corrected chi connectivity index (χ4v) is 2.11. The van der Waals surface area contributed by atoms with Crippen molar-refractivity contribution in [2.75, 3.05) is 19.8 Å². The molecular weight excluding hydrogens is 246 g/mol. The first kappa shape index (κ1) is 11.8. The highest BCUT2D eigenvalue weighted by atomic mass is 16.5. The molecule has 0 saturated carbocycles. The average Bonchev–Trinajstić information content (AvgIpc) is 3.01. The number of ether oxygens (including phenoxy) is 1. The molecule has 7 heteroatoms. The lowest BCUT2D eigenvalue weighted by atomic mass is 10.1. The first-order valence-electron chi connectivity index (χ1n) is 6.00. The zero-order valence-corrected chi connectivity index (χ0v) is 10.2. The van der Waals surface area contributed by atoms with Gasteiger partial charge in [0.25, 0.3) is 5.91 Å². The molecule has 0 spiro atoms. The molecule has 3 heterocycles. The van der Waals surface area contributed by atoms with Crippen LogP contribution in [0.3, 0.4) is 0 Å². The number of hydrogen-bond donors (Lipinski definition) is 1. The third kappa shape index (κ3) is 2.32. The molecule has 1 N–H and O–H groups in total. The Kier molecular flexibility index (Phi) is 3.20.